The molecule has 2 fully saturated rings. The third-order valence-electron chi connectivity index (χ3n) is 2.69. The lowest BCUT2D eigenvalue weighted by Crippen LogP contribution is -2.22. The summed E-state index contributed by atoms with van der Waals surface area (Å²) >= 11 is 0. The van der Waals surface area contributed by atoms with Crippen LogP contribution in [0.5, 0.6) is 0 Å². The molecule has 0 aromatic rings. The Balaban J connectivity index is 2.01. The second-order valence-electron chi connectivity index (χ2n) is 3.35. The molecule has 2 heterocycles. The molecule has 2 aliphatic heterocycles. The molecule has 10 heavy (non-hydrogen) atoms. The summed E-state index contributed by atoms with van der Waals surface area (Å²) in [7, 11) is 0. The van der Waals surface area contributed by atoms with Gasteiger partial charge in [-0.2, -0.15) is 5.26 Å². The zero-order valence-corrected chi connectivity index (χ0v) is 6.08. The predicted molar refractivity (Wildman–Crippen MR) is 38.3 cm³/mol. The van der Waals surface area contributed by atoms with Crippen molar-refractivity contribution in [3.63, 3.8) is 0 Å². The van der Waals surface area contributed by atoms with E-state index in [4.69, 9.17) is 5.26 Å². The quantitative estimate of drug-likeness (QED) is 0.496. The molecule has 0 spiro atoms. The minimum atomic E-state index is 0.338. The van der Waals surface area contributed by atoms with Gasteiger partial charge in [0.1, 0.15) is 0 Å². The van der Waals surface area contributed by atoms with E-state index in [0.717, 1.165) is 19.0 Å². The van der Waals surface area contributed by atoms with Gasteiger partial charge >= 0.3 is 0 Å². The Hall–Kier alpha value is -0.550. The van der Waals surface area contributed by atoms with Crippen molar-refractivity contribution in [3.8, 4) is 6.07 Å². The van der Waals surface area contributed by atoms with Gasteiger partial charge in [-0.25, -0.2) is 0 Å². The maximum Gasteiger partial charge on any atom is 0.0669 e. The number of fused-ring (bicyclic) bond motifs is 1. The van der Waals surface area contributed by atoms with Gasteiger partial charge in [0.2, 0.25) is 0 Å². The molecule has 0 bridgehead atoms. The Labute approximate surface area is 61.4 Å². The van der Waals surface area contributed by atoms with E-state index in [1.807, 2.05) is 0 Å². The molecule has 0 saturated carbocycles. The van der Waals surface area contributed by atoms with E-state index < -0.39 is 0 Å². The van der Waals surface area contributed by atoms with Gasteiger partial charge in [-0.1, -0.05) is 0 Å². The zero-order chi connectivity index (χ0) is 6.97. The number of hydrogen-bond donors (Lipinski definition) is 0. The third kappa shape index (κ3) is 0.819. The maximum atomic E-state index is 8.64. The topological polar surface area (TPSA) is 27.0 Å². The molecule has 2 saturated heterocycles. The Morgan fingerprint density at radius 3 is 3.10 bits per heavy atom. The Morgan fingerprint density at radius 2 is 2.40 bits per heavy atom. The molecule has 0 aromatic heterocycles. The molecule has 0 unspecified atom stereocenters. The van der Waals surface area contributed by atoms with Crippen LogP contribution in [0.2, 0.25) is 0 Å². The molecule has 54 valence electrons. The van der Waals surface area contributed by atoms with Crippen molar-refractivity contribution in [3.05, 3.63) is 0 Å². The highest BCUT2D eigenvalue weighted by Gasteiger charge is 2.34. The molecule has 0 radical (unpaired) electrons. The SMILES string of the molecule is N#C[C@@H]1C[C@@H]2CCCN2C1. The first-order valence-electron chi connectivity index (χ1n) is 4.04. The van der Waals surface area contributed by atoms with Crippen LogP contribution in [0.1, 0.15) is 19.3 Å². The van der Waals surface area contributed by atoms with Crippen LogP contribution in [0, 0.1) is 17.2 Å². The fraction of sp³-hybridized carbons (Fsp3) is 0.875. The second kappa shape index (κ2) is 2.25. The fourth-order valence-electron chi connectivity index (χ4n) is 2.18. The number of nitrogens with zero attached hydrogens (tertiary/aromatic N) is 2. The summed E-state index contributed by atoms with van der Waals surface area (Å²) in [5.74, 6) is 0.338. The Kier molecular flexibility index (Phi) is 1.39. The third-order valence-corrected chi connectivity index (χ3v) is 2.69. The summed E-state index contributed by atoms with van der Waals surface area (Å²) in [6, 6.07) is 3.12. The lowest BCUT2D eigenvalue weighted by molar-refractivity contribution is 0.322. The molecule has 2 heteroatoms. The summed E-state index contributed by atoms with van der Waals surface area (Å²) in [5.41, 5.74) is 0. The van der Waals surface area contributed by atoms with Crippen molar-refractivity contribution in [2.24, 2.45) is 5.92 Å². The Bertz CT molecular complexity index is 159. The van der Waals surface area contributed by atoms with E-state index in [1.54, 1.807) is 0 Å². The number of hydrogen-bond acceptors (Lipinski definition) is 2. The van der Waals surface area contributed by atoms with Crippen LogP contribution in [0.25, 0.3) is 0 Å². The summed E-state index contributed by atoms with van der Waals surface area (Å²) in [6.45, 7) is 2.28. The zero-order valence-electron chi connectivity index (χ0n) is 6.08. The minimum absolute atomic E-state index is 0.338. The average Bonchev–Trinajstić information content (AvgIpc) is 2.42. The van der Waals surface area contributed by atoms with Crippen LogP contribution in [0.3, 0.4) is 0 Å². The second-order valence-corrected chi connectivity index (χ2v) is 3.35. The highest BCUT2D eigenvalue weighted by molar-refractivity contribution is 4.98. The van der Waals surface area contributed by atoms with Crippen molar-refractivity contribution >= 4 is 0 Å². The van der Waals surface area contributed by atoms with Gasteiger partial charge in [-0.3, -0.25) is 4.90 Å². The van der Waals surface area contributed by atoms with Gasteiger partial charge in [0.25, 0.3) is 0 Å². The average molecular weight is 136 g/mol. The van der Waals surface area contributed by atoms with Gasteiger partial charge in [-0.05, 0) is 25.8 Å². The van der Waals surface area contributed by atoms with Crippen molar-refractivity contribution in [2.45, 2.75) is 25.3 Å². The largest absolute Gasteiger partial charge is 0.299 e. The van der Waals surface area contributed by atoms with Gasteiger partial charge in [-0.15, -0.1) is 0 Å². The number of nitriles is 1. The molecule has 2 rings (SSSR count). The molecule has 2 atom stereocenters. The lowest BCUT2D eigenvalue weighted by atomic mass is 10.1. The summed E-state index contributed by atoms with van der Waals surface area (Å²) in [5, 5.41) is 8.64. The van der Waals surface area contributed by atoms with Crippen LogP contribution in [-0.2, 0) is 0 Å². The first-order chi connectivity index (χ1) is 4.90. The molecule has 2 aliphatic rings. The van der Waals surface area contributed by atoms with Crippen molar-refractivity contribution in [1.82, 2.24) is 4.90 Å². The monoisotopic (exact) mass is 136 g/mol. The van der Waals surface area contributed by atoms with Crippen LogP contribution in [0.15, 0.2) is 0 Å². The van der Waals surface area contributed by atoms with Crippen molar-refractivity contribution < 1.29 is 0 Å². The van der Waals surface area contributed by atoms with Crippen LogP contribution < -0.4 is 0 Å². The standard InChI is InChI=1S/C8H12N2/c9-5-7-4-8-2-1-3-10(8)6-7/h7-8H,1-4,6H2/t7-,8-/m0/s1. The van der Waals surface area contributed by atoms with Crippen LogP contribution >= 0.6 is 0 Å². The molecule has 0 aliphatic carbocycles. The van der Waals surface area contributed by atoms with Gasteiger partial charge in [0, 0.05) is 12.6 Å². The highest BCUT2D eigenvalue weighted by Crippen LogP contribution is 2.30. The van der Waals surface area contributed by atoms with Gasteiger partial charge < -0.3 is 0 Å². The van der Waals surface area contributed by atoms with Crippen molar-refractivity contribution in [2.75, 3.05) is 13.1 Å². The smallest absolute Gasteiger partial charge is 0.0669 e. The van der Waals surface area contributed by atoms with Crippen LogP contribution in [-0.4, -0.2) is 24.0 Å². The lowest BCUT2D eigenvalue weighted by Gasteiger charge is -2.11. The van der Waals surface area contributed by atoms with Gasteiger partial charge in [0.05, 0.1) is 12.0 Å². The molecular weight excluding hydrogens is 124 g/mol. The molecule has 0 N–H and O–H groups in total. The minimum Gasteiger partial charge on any atom is -0.299 e. The first-order valence-corrected chi connectivity index (χ1v) is 4.04. The molecular formula is C8H12N2. The van der Waals surface area contributed by atoms with E-state index in [2.05, 4.69) is 11.0 Å². The molecule has 0 aromatic carbocycles. The predicted octanol–water partition coefficient (Wildman–Crippen LogP) is 0.994. The van der Waals surface area contributed by atoms with E-state index >= 15 is 0 Å². The van der Waals surface area contributed by atoms with E-state index in [0.29, 0.717) is 5.92 Å². The summed E-state index contributed by atoms with van der Waals surface area (Å²) < 4.78 is 0. The Morgan fingerprint density at radius 1 is 1.50 bits per heavy atom. The van der Waals surface area contributed by atoms with E-state index in [9.17, 15) is 0 Å². The normalized spacial score (nSPS) is 39.5. The summed E-state index contributed by atoms with van der Waals surface area (Å²) in [6.07, 6.45) is 3.82. The van der Waals surface area contributed by atoms with E-state index in [1.165, 1.54) is 19.4 Å². The van der Waals surface area contributed by atoms with Crippen molar-refractivity contribution in [1.29, 1.82) is 5.26 Å². The number of rotatable bonds is 0. The van der Waals surface area contributed by atoms with E-state index in [-0.39, 0.29) is 0 Å². The summed E-state index contributed by atoms with van der Waals surface area (Å²) in [4.78, 5) is 2.47. The fourth-order valence-corrected chi connectivity index (χ4v) is 2.18. The van der Waals surface area contributed by atoms with Gasteiger partial charge in [0.15, 0.2) is 0 Å². The highest BCUT2D eigenvalue weighted by atomic mass is 15.2. The maximum absolute atomic E-state index is 8.64. The van der Waals surface area contributed by atoms with Crippen LogP contribution in [0.4, 0.5) is 0 Å². The first kappa shape index (κ1) is 6.18. The molecule has 0 amide bonds. The molecule has 2 nitrogen and oxygen atoms in total.